The van der Waals surface area contributed by atoms with Crippen LogP contribution >= 0.6 is 27.5 Å². The highest BCUT2D eigenvalue weighted by atomic mass is 79.9. The van der Waals surface area contributed by atoms with Gasteiger partial charge in [-0.1, -0.05) is 27.5 Å². The number of hydrogen-bond donors (Lipinski definition) is 1. The fraction of sp³-hybridized carbons (Fsp3) is 0.0952. The number of halogens is 2. The second-order valence-electron chi connectivity index (χ2n) is 6.09. The van der Waals surface area contributed by atoms with E-state index in [0.717, 1.165) is 32.9 Å². The number of fused-ring (bicyclic) bond motifs is 1. The molecule has 0 saturated heterocycles. The highest BCUT2D eigenvalue weighted by Gasteiger charge is 2.17. The van der Waals surface area contributed by atoms with Crippen molar-refractivity contribution in [2.45, 2.75) is 0 Å². The van der Waals surface area contributed by atoms with E-state index in [1.807, 2.05) is 65.2 Å². The van der Waals surface area contributed by atoms with Crippen LogP contribution < -0.4 is 14.8 Å². The van der Waals surface area contributed by atoms with Gasteiger partial charge in [-0.2, -0.15) is 0 Å². The summed E-state index contributed by atoms with van der Waals surface area (Å²) in [6.07, 6.45) is 1.84. The second kappa shape index (κ2) is 7.73. The van der Waals surface area contributed by atoms with Gasteiger partial charge in [0.2, 0.25) is 0 Å². The SMILES string of the molecule is COc1ccc(-c2nc3ccc(Cl)cn3c2Nc2ccc(Br)cc2)cc1OC. The van der Waals surface area contributed by atoms with E-state index in [0.29, 0.717) is 16.5 Å². The lowest BCUT2D eigenvalue weighted by atomic mass is 10.1. The quantitative estimate of drug-likeness (QED) is 0.388. The second-order valence-corrected chi connectivity index (χ2v) is 7.44. The van der Waals surface area contributed by atoms with Crippen molar-refractivity contribution in [2.75, 3.05) is 19.5 Å². The molecule has 2 aromatic carbocycles. The average Bonchev–Trinajstić information content (AvgIpc) is 3.06. The van der Waals surface area contributed by atoms with Gasteiger partial charge in [-0.25, -0.2) is 4.98 Å². The van der Waals surface area contributed by atoms with Gasteiger partial charge >= 0.3 is 0 Å². The fourth-order valence-corrected chi connectivity index (χ4v) is 3.42. The van der Waals surface area contributed by atoms with E-state index >= 15 is 0 Å². The Labute approximate surface area is 176 Å². The van der Waals surface area contributed by atoms with Crippen LogP contribution in [0.4, 0.5) is 11.5 Å². The Morgan fingerprint density at radius 3 is 2.43 bits per heavy atom. The molecule has 0 atom stereocenters. The van der Waals surface area contributed by atoms with Crippen LogP contribution in [0.1, 0.15) is 0 Å². The molecule has 0 bridgehead atoms. The molecule has 0 amide bonds. The van der Waals surface area contributed by atoms with Gasteiger partial charge in [-0.3, -0.25) is 4.40 Å². The Morgan fingerprint density at radius 2 is 1.71 bits per heavy atom. The first-order chi connectivity index (χ1) is 13.6. The molecule has 2 heterocycles. The molecule has 142 valence electrons. The molecule has 0 radical (unpaired) electrons. The van der Waals surface area contributed by atoms with Crippen LogP contribution in [-0.2, 0) is 0 Å². The predicted molar refractivity (Wildman–Crippen MR) is 116 cm³/mol. The van der Waals surface area contributed by atoms with Crippen LogP contribution in [0.15, 0.2) is 65.3 Å². The smallest absolute Gasteiger partial charge is 0.161 e. The van der Waals surface area contributed by atoms with Crippen molar-refractivity contribution in [3.8, 4) is 22.8 Å². The molecule has 0 aliphatic carbocycles. The number of aromatic nitrogens is 2. The van der Waals surface area contributed by atoms with Crippen molar-refractivity contribution in [2.24, 2.45) is 0 Å². The first kappa shape index (κ1) is 18.7. The topological polar surface area (TPSA) is 47.8 Å². The summed E-state index contributed by atoms with van der Waals surface area (Å²) in [5.41, 5.74) is 3.41. The summed E-state index contributed by atoms with van der Waals surface area (Å²) >= 11 is 9.70. The van der Waals surface area contributed by atoms with Crippen LogP contribution in [0, 0.1) is 0 Å². The number of hydrogen-bond acceptors (Lipinski definition) is 4. The summed E-state index contributed by atoms with van der Waals surface area (Å²) in [7, 11) is 3.23. The minimum Gasteiger partial charge on any atom is -0.493 e. The van der Waals surface area contributed by atoms with Gasteiger partial charge in [0.05, 0.1) is 19.2 Å². The third-order valence-electron chi connectivity index (χ3n) is 4.35. The Morgan fingerprint density at radius 1 is 0.964 bits per heavy atom. The molecule has 2 aromatic heterocycles. The van der Waals surface area contributed by atoms with E-state index < -0.39 is 0 Å². The summed E-state index contributed by atoms with van der Waals surface area (Å²) in [6.45, 7) is 0. The number of pyridine rings is 1. The zero-order chi connectivity index (χ0) is 19.7. The number of ether oxygens (including phenoxy) is 2. The standard InChI is InChI=1S/C21H17BrClN3O2/c1-27-17-9-3-13(11-18(17)28-2)20-21(24-16-7-4-14(22)5-8-16)26-12-15(23)6-10-19(26)25-20/h3-12,24H,1-2H3. The van der Waals surface area contributed by atoms with Crippen molar-refractivity contribution in [3.63, 3.8) is 0 Å². The van der Waals surface area contributed by atoms with Crippen molar-refractivity contribution >= 4 is 44.7 Å². The lowest BCUT2D eigenvalue weighted by Gasteiger charge is -2.11. The number of benzene rings is 2. The van der Waals surface area contributed by atoms with Gasteiger partial charge in [0.25, 0.3) is 0 Å². The number of nitrogens with one attached hydrogen (secondary N) is 1. The first-order valence-corrected chi connectivity index (χ1v) is 9.69. The molecule has 0 aliphatic heterocycles. The maximum absolute atomic E-state index is 6.24. The zero-order valence-electron chi connectivity index (χ0n) is 15.2. The lowest BCUT2D eigenvalue weighted by Crippen LogP contribution is -1.97. The average molecular weight is 459 g/mol. The van der Waals surface area contributed by atoms with Crippen LogP contribution in [0.5, 0.6) is 11.5 Å². The maximum atomic E-state index is 6.24. The van der Waals surface area contributed by atoms with E-state index in [9.17, 15) is 0 Å². The van der Waals surface area contributed by atoms with E-state index in [1.54, 1.807) is 14.2 Å². The van der Waals surface area contributed by atoms with Crippen LogP contribution in [0.2, 0.25) is 5.02 Å². The Balaban J connectivity index is 1.89. The van der Waals surface area contributed by atoms with Crippen molar-refractivity contribution in [1.29, 1.82) is 0 Å². The third-order valence-corrected chi connectivity index (χ3v) is 5.10. The monoisotopic (exact) mass is 457 g/mol. The number of rotatable bonds is 5. The molecule has 7 heteroatoms. The Bertz CT molecular complexity index is 1140. The third kappa shape index (κ3) is 3.53. The summed E-state index contributed by atoms with van der Waals surface area (Å²) in [5, 5.41) is 4.09. The highest BCUT2D eigenvalue weighted by molar-refractivity contribution is 9.10. The molecular formula is C21H17BrClN3O2. The minimum absolute atomic E-state index is 0.627. The number of anilines is 2. The number of imidazole rings is 1. The van der Waals surface area contributed by atoms with Crippen LogP contribution in [0.3, 0.4) is 0 Å². The van der Waals surface area contributed by atoms with Gasteiger partial charge < -0.3 is 14.8 Å². The van der Waals surface area contributed by atoms with Crippen LogP contribution in [0.25, 0.3) is 16.9 Å². The Kier molecular flexibility index (Phi) is 5.15. The van der Waals surface area contributed by atoms with E-state index in [-0.39, 0.29) is 0 Å². The van der Waals surface area contributed by atoms with Gasteiger partial charge in [0.1, 0.15) is 17.2 Å². The zero-order valence-corrected chi connectivity index (χ0v) is 17.6. The van der Waals surface area contributed by atoms with Crippen molar-refractivity contribution in [1.82, 2.24) is 9.38 Å². The minimum atomic E-state index is 0.627. The molecule has 4 rings (SSSR count). The molecule has 4 aromatic rings. The summed E-state index contributed by atoms with van der Waals surface area (Å²) < 4.78 is 13.8. The molecule has 0 spiro atoms. The van der Waals surface area contributed by atoms with E-state index in [4.69, 9.17) is 26.1 Å². The molecule has 0 fully saturated rings. The molecule has 5 nitrogen and oxygen atoms in total. The molecule has 0 aliphatic rings. The fourth-order valence-electron chi connectivity index (χ4n) is 2.99. The van der Waals surface area contributed by atoms with Gasteiger partial charge in [-0.05, 0) is 54.6 Å². The van der Waals surface area contributed by atoms with Gasteiger partial charge in [-0.15, -0.1) is 0 Å². The Hall–Kier alpha value is -2.70. The maximum Gasteiger partial charge on any atom is 0.161 e. The first-order valence-electron chi connectivity index (χ1n) is 8.51. The normalized spacial score (nSPS) is 10.9. The molecule has 0 saturated carbocycles. The molecule has 28 heavy (non-hydrogen) atoms. The van der Waals surface area contributed by atoms with Crippen molar-refractivity contribution in [3.05, 3.63) is 70.3 Å². The summed E-state index contributed by atoms with van der Waals surface area (Å²) in [4.78, 5) is 4.80. The van der Waals surface area contributed by atoms with Gasteiger partial charge in [0.15, 0.2) is 11.5 Å². The number of nitrogens with zero attached hydrogens (tertiary/aromatic N) is 2. The van der Waals surface area contributed by atoms with Crippen molar-refractivity contribution < 1.29 is 9.47 Å². The summed E-state index contributed by atoms with van der Waals surface area (Å²) in [6, 6.07) is 17.4. The predicted octanol–water partition coefficient (Wildman–Crippen LogP) is 6.18. The van der Waals surface area contributed by atoms with Crippen LogP contribution in [-0.4, -0.2) is 23.6 Å². The van der Waals surface area contributed by atoms with E-state index in [1.165, 1.54) is 0 Å². The van der Waals surface area contributed by atoms with Gasteiger partial charge in [0, 0.05) is 21.9 Å². The largest absolute Gasteiger partial charge is 0.493 e. The number of methoxy groups -OCH3 is 2. The lowest BCUT2D eigenvalue weighted by molar-refractivity contribution is 0.355. The molecule has 1 N–H and O–H groups in total. The molecular weight excluding hydrogens is 442 g/mol. The van der Waals surface area contributed by atoms with E-state index in [2.05, 4.69) is 21.2 Å². The summed E-state index contributed by atoms with van der Waals surface area (Å²) in [5.74, 6) is 2.12. The highest BCUT2D eigenvalue weighted by Crippen LogP contribution is 2.37. The molecule has 0 unspecified atom stereocenters.